The second kappa shape index (κ2) is 9.80. The van der Waals surface area contributed by atoms with Crippen molar-refractivity contribution in [1.29, 1.82) is 0 Å². The largest absolute Gasteiger partial charge is 0.366 e. The highest BCUT2D eigenvalue weighted by molar-refractivity contribution is 7.98. The molecule has 0 aromatic heterocycles. The van der Waals surface area contributed by atoms with Crippen molar-refractivity contribution in [3.8, 4) is 0 Å². The van der Waals surface area contributed by atoms with Crippen LogP contribution in [0, 0.1) is 11.7 Å². The second-order valence-electron chi connectivity index (χ2n) is 8.12. The monoisotopic (exact) mass is 477 g/mol. The average Bonchev–Trinajstić information content (AvgIpc) is 2.84. The van der Waals surface area contributed by atoms with E-state index in [1.165, 1.54) is 10.4 Å². The maximum atomic E-state index is 14.0. The molecule has 2 saturated heterocycles. The minimum Gasteiger partial charge on any atom is -0.366 e. The van der Waals surface area contributed by atoms with Gasteiger partial charge >= 0.3 is 0 Å². The first kappa shape index (κ1) is 23.1. The number of piperidine rings is 1. The molecule has 2 aliphatic rings. The van der Waals surface area contributed by atoms with Gasteiger partial charge in [-0.3, -0.25) is 4.79 Å². The molecule has 0 spiro atoms. The maximum absolute atomic E-state index is 14.0. The van der Waals surface area contributed by atoms with E-state index in [-0.39, 0.29) is 17.6 Å². The van der Waals surface area contributed by atoms with E-state index in [0.717, 1.165) is 4.90 Å². The second-order valence-corrected chi connectivity index (χ2v) is 10.9. The van der Waals surface area contributed by atoms with Crippen LogP contribution in [-0.4, -0.2) is 69.1 Å². The SMILES string of the molecule is CSc1ccc(S(=O)(=O)N2CCC(C(=O)N3CCN(c4ccccc4F)CC3)CC2)cc1. The van der Waals surface area contributed by atoms with Crippen LogP contribution in [0.1, 0.15) is 12.8 Å². The van der Waals surface area contributed by atoms with Gasteiger partial charge in [0.15, 0.2) is 0 Å². The van der Waals surface area contributed by atoms with Gasteiger partial charge in [0.2, 0.25) is 15.9 Å². The number of sulfonamides is 1. The van der Waals surface area contributed by atoms with Crippen LogP contribution in [0.3, 0.4) is 0 Å². The third-order valence-electron chi connectivity index (χ3n) is 6.28. The number of hydrogen-bond donors (Lipinski definition) is 0. The van der Waals surface area contributed by atoms with Crippen LogP contribution in [0.25, 0.3) is 0 Å². The molecule has 2 fully saturated rings. The van der Waals surface area contributed by atoms with E-state index in [0.29, 0.717) is 62.7 Å². The standard InChI is InChI=1S/C23H28FN3O3S2/c1-31-19-6-8-20(9-7-19)32(29,30)27-12-10-18(11-13-27)23(28)26-16-14-25(15-17-26)22-5-3-2-4-21(22)24/h2-9,18H,10-17H2,1H3. The summed E-state index contributed by atoms with van der Waals surface area (Å²) in [5.41, 5.74) is 0.573. The number of amides is 1. The zero-order valence-corrected chi connectivity index (χ0v) is 19.7. The van der Waals surface area contributed by atoms with Gasteiger partial charge in [-0.1, -0.05) is 12.1 Å². The summed E-state index contributed by atoms with van der Waals surface area (Å²) in [5, 5.41) is 0. The Hall–Kier alpha value is -2.10. The van der Waals surface area contributed by atoms with E-state index in [4.69, 9.17) is 0 Å². The van der Waals surface area contributed by atoms with E-state index in [1.54, 1.807) is 36.0 Å². The first-order valence-corrected chi connectivity index (χ1v) is 13.5. The number of carbonyl (C=O) groups is 1. The fourth-order valence-corrected chi connectivity index (χ4v) is 6.25. The van der Waals surface area contributed by atoms with Gasteiger partial charge in [-0.05, 0) is 55.5 Å². The first-order valence-electron chi connectivity index (χ1n) is 10.8. The predicted octanol–water partition coefficient (Wildman–Crippen LogP) is 3.30. The topological polar surface area (TPSA) is 60.9 Å². The molecular weight excluding hydrogens is 449 g/mol. The number of hydrogen-bond acceptors (Lipinski definition) is 5. The molecule has 2 aromatic rings. The molecule has 6 nitrogen and oxygen atoms in total. The van der Waals surface area contributed by atoms with Crippen molar-refractivity contribution in [3.63, 3.8) is 0 Å². The Morgan fingerprint density at radius 2 is 1.56 bits per heavy atom. The molecule has 0 unspecified atom stereocenters. The van der Waals surface area contributed by atoms with E-state index >= 15 is 0 Å². The lowest BCUT2D eigenvalue weighted by molar-refractivity contribution is -0.137. The van der Waals surface area contributed by atoms with Gasteiger partial charge in [0, 0.05) is 50.1 Å². The number of piperazine rings is 1. The summed E-state index contributed by atoms with van der Waals surface area (Å²) in [4.78, 5) is 18.1. The molecule has 0 bridgehead atoms. The van der Waals surface area contributed by atoms with Gasteiger partial charge in [0.25, 0.3) is 0 Å². The minimum absolute atomic E-state index is 0.0829. The lowest BCUT2D eigenvalue weighted by Gasteiger charge is -2.39. The number of anilines is 1. The normalized spacial score (nSPS) is 18.7. The van der Waals surface area contributed by atoms with Gasteiger partial charge in [-0.15, -0.1) is 11.8 Å². The highest BCUT2D eigenvalue weighted by Crippen LogP contribution is 2.27. The molecule has 4 rings (SSSR count). The van der Waals surface area contributed by atoms with Gasteiger partial charge in [-0.2, -0.15) is 4.31 Å². The van der Waals surface area contributed by atoms with Gasteiger partial charge < -0.3 is 9.80 Å². The van der Waals surface area contributed by atoms with Crippen LogP contribution in [0.4, 0.5) is 10.1 Å². The number of thioether (sulfide) groups is 1. The molecular formula is C23H28FN3O3S2. The lowest BCUT2D eigenvalue weighted by atomic mass is 9.96. The van der Waals surface area contributed by atoms with Crippen molar-refractivity contribution in [3.05, 3.63) is 54.3 Å². The van der Waals surface area contributed by atoms with E-state index in [1.807, 2.05) is 34.3 Å². The summed E-state index contributed by atoms with van der Waals surface area (Å²) in [5.74, 6) is -0.330. The Kier molecular flexibility index (Phi) is 7.07. The highest BCUT2D eigenvalue weighted by atomic mass is 32.2. The Bertz CT molecular complexity index is 1050. The molecule has 2 aromatic carbocycles. The number of para-hydroxylation sites is 1. The van der Waals surface area contributed by atoms with Crippen LogP contribution in [0.5, 0.6) is 0 Å². The summed E-state index contributed by atoms with van der Waals surface area (Å²) in [6.45, 7) is 2.97. The third kappa shape index (κ3) is 4.79. The molecule has 32 heavy (non-hydrogen) atoms. The zero-order valence-electron chi connectivity index (χ0n) is 18.1. The van der Waals surface area contributed by atoms with Gasteiger partial charge in [0.1, 0.15) is 5.82 Å². The molecule has 9 heteroatoms. The maximum Gasteiger partial charge on any atom is 0.243 e. The van der Waals surface area contributed by atoms with Gasteiger partial charge in [0.05, 0.1) is 10.6 Å². The summed E-state index contributed by atoms with van der Waals surface area (Å²) in [6.07, 6.45) is 2.99. The van der Waals surface area contributed by atoms with Crippen LogP contribution in [0.15, 0.2) is 58.3 Å². The fraction of sp³-hybridized carbons (Fsp3) is 0.435. The van der Waals surface area contributed by atoms with Crippen molar-refractivity contribution in [2.24, 2.45) is 5.92 Å². The summed E-state index contributed by atoms with van der Waals surface area (Å²) < 4.78 is 41.4. The van der Waals surface area contributed by atoms with Gasteiger partial charge in [-0.25, -0.2) is 12.8 Å². The molecule has 0 aliphatic carbocycles. The van der Waals surface area contributed by atoms with Crippen molar-refractivity contribution >= 4 is 33.4 Å². The Balaban J connectivity index is 1.31. The predicted molar refractivity (Wildman–Crippen MR) is 125 cm³/mol. The highest BCUT2D eigenvalue weighted by Gasteiger charge is 2.34. The minimum atomic E-state index is -3.55. The third-order valence-corrected chi connectivity index (χ3v) is 8.94. The zero-order chi connectivity index (χ0) is 22.7. The van der Waals surface area contributed by atoms with E-state index in [9.17, 15) is 17.6 Å². The number of rotatable bonds is 5. The van der Waals surface area contributed by atoms with E-state index < -0.39 is 10.0 Å². The number of halogens is 1. The molecule has 0 atom stereocenters. The molecule has 172 valence electrons. The number of carbonyl (C=O) groups excluding carboxylic acids is 1. The fourth-order valence-electron chi connectivity index (χ4n) is 4.37. The molecule has 0 N–H and O–H groups in total. The van der Waals surface area contributed by atoms with Crippen LogP contribution in [-0.2, 0) is 14.8 Å². The average molecular weight is 478 g/mol. The lowest BCUT2D eigenvalue weighted by Crippen LogP contribution is -2.52. The summed E-state index contributed by atoms with van der Waals surface area (Å²) >= 11 is 1.57. The van der Waals surface area contributed by atoms with Crippen LogP contribution < -0.4 is 4.90 Å². The number of benzene rings is 2. The summed E-state index contributed by atoms with van der Waals surface area (Å²) in [7, 11) is -3.55. The van der Waals surface area contributed by atoms with Crippen LogP contribution >= 0.6 is 11.8 Å². The molecule has 1 amide bonds. The molecule has 2 aliphatic heterocycles. The van der Waals surface area contributed by atoms with E-state index in [2.05, 4.69) is 0 Å². The smallest absolute Gasteiger partial charge is 0.243 e. The number of nitrogens with zero attached hydrogens (tertiary/aromatic N) is 3. The Labute approximate surface area is 193 Å². The Morgan fingerprint density at radius 1 is 0.938 bits per heavy atom. The molecule has 0 radical (unpaired) electrons. The van der Waals surface area contributed by atoms with Crippen molar-refractivity contribution in [1.82, 2.24) is 9.21 Å². The summed E-state index contributed by atoms with van der Waals surface area (Å²) in [6, 6.07) is 13.6. The molecule has 2 heterocycles. The van der Waals surface area contributed by atoms with Crippen molar-refractivity contribution in [2.45, 2.75) is 22.6 Å². The Morgan fingerprint density at radius 3 is 2.16 bits per heavy atom. The first-order chi connectivity index (χ1) is 15.4. The van der Waals surface area contributed by atoms with Crippen LogP contribution in [0.2, 0.25) is 0 Å². The van der Waals surface area contributed by atoms with Crippen molar-refractivity contribution in [2.75, 3.05) is 50.4 Å². The van der Waals surface area contributed by atoms with Crippen molar-refractivity contribution < 1.29 is 17.6 Å². The quantitative estimate of drug-likeness (QED) is 0.619. The molecule has 0 saturated carbocycles.